The molecule has 0 radical (unpaired) electrons. The van der Waals surface area contributed by atoms with Gasteiger partial charge in [-0.05, 0) is 43.2 Å². The molecule has 0 saturated carbocycles. The molecule has 1 saturated heterocycles. The number of anilines is 1. The van der Waals surface area contributed by atoms with Crippen molar-refractivity contribution in [3.05, 3.63) is 59.9 Å². The fourth-order valence-electron chi connectivity index (χ4n) is 3.44. The van der Waals surface area contributed by atoms with Gasteiger partial charge in [0.1, 0.15) is 5.82 Å². The van der Waals surface area contributed by atoms with Crippen molar-refractivity contribution in [2.45, 2.75) is 25.1 Å². The lowest BCUT2D eigenvalue weighted by molar-refractivity contribution is -0.137. The first-order chi connectivity index (χ1) is 13.4. The Morgan fingerprint density at radius 2 is 1.89 bits per heavy atom. The number of alkyl halides is 3. The van der Waals surface area contributed by atoms with Crippen LogP contribution < -0.4 is 10.2 Å². The number of hydrogen-bond donors (Lipinski definition) is 1. The average molecular weight is 389 g/mol. The number of hydrogen-bond acceptors (Lipinski definition) is 4. The first-order valence-corrected chi connectivity index (χ1v) is 8.93. The Bertz CT molecular complexity index is 983. The molecule has 28 heavy (non-hydrogen) atoms. The van der Waals surface area contributed by atoms with Gasteiger partial charge in [-0.15, -0.1) is 0 Å². The van der Waals surface area contributed by atoms with Gasteiger partial charge in [-0.3, -0.25) is 4.79 Å². The fraction of sp³-hybridized carbons (Fsp3) is 0.316. The Morgan fingerprint density at radius 1 is 1.11 bits per heavy atom. The highest BCUT2D eigenvalue weighted by Gasteiger charge is 2.30. The number of halogens is 3. The zero-order valence-corrected chi connectivity index (χ0v) is 14.9. The lowest BCUT2D eigenvalue weighted by atomic mass is 10.0. The molecule has 4 rings (SSSR count). The Hall–Kier alpha value is -3.10. The Kier molecular flexibility index (Phi) is 4.66. The molecule has 1 fully saturated rings. The quantitative estimate of drug-likeness (QED) is 0.748. The SMILES string of the molecule is O=C(NC1CCCN(c2ccnc3ccnn23)C1)c1ccc(C(F)(F)F)cc1. The van der Waals surface area contributed by atoms with Crippen LogP contribution in [0.4, 0.5) is 19.0 Å². The van der Waals surface area contributed by atoms with E-state index in [-0.39, 0.29) is 17.5 Å². The molecule has 0 spiro atoms. The maximum absolute atomic E-state index is 12.7. The van der Waals surface area contributed by atoms with Crippen LogP contribution in [0, 0.1) is 0 Å². The molecule has 1 aliphatic rings. The van der Waals surface area contributed by atoms with Crippen LogP contribution in [0.1, 0.15) is 28.8 Å². The van der Waals surface area contributed by atoms with E-state index in [1.165, 1.54) is 12.1 Å². The van der Waals surface area contributed by atoms with Gasteiger partial charge in [0.2, 0.25) is 0 Å². The van der Waals surface area contributed by atoms with Gasteiger partial charge in [-0.2, -0.15) is 22.8 Å². The van der Waals surface area contributed by atoms with Crippen molar-refractivity contribution in [3.63, 3.8) is 0 Å². The molecule has 1 aliphatic heterocycles. The third-order valence-corrected chi connectivity index (χ3v) is 4.83. The second kappa shape index (κ2) is 7.14. The van der Waals surface area contributed by atoms with Crippen LogP contribution in [0.3, 0.4) is 0 Å². The standard InChI is InChI=1S/C19H18F3N5O/c20-19(21,22)14-5-3-13(4-6-14)18(28)25-15-2-1-11-26(12-15)17-8-9-23-16-7-10-24-27(16)17/h3-10,15H,1-2,11-12H2,(H,25,28). The van der Waals surface area contributed by atoms with Gasteiger partial charge in [-0.1, -0.05) is 0 Å². The minimum absolute atomic E-state index is 0.109. The fourth-order valence-corrected chi connectivity index (χ4v) is 3.44. The third-order valence-electron chi connectivity index (χ3n) is 4.83. The van der Waals surface area contributed by atoms with E-state index >= 15 is 0 Å². The van der Waals surface area contributed by atoms with Gasteiger partial charge in [-0.25, -0.2) is 4.98 Å². The van der Waals surface area contributed by atoms with Gasteiger partial charge < -0.3 is 10.2 Å². The predicted octanol–water partition coefficient (Wildman–Crippen LogP) is 3.15. The number of fused-ring (bicyclic) bond motifs is 1. The zero-order valence-electron chi connectivity index (χ0n) is 14.9. The van der Waals surface area contributed by atoms with Crippen LogP contribution >= 0.6 is 0 Å². The number of carbonyl (C=O) groups is 1. The summed E-state index contributed by atoms with van der Waals surface area (Å²) in [6.45, 7) is 1.41. The minimum Gasteiger partial charge on any atom is -0.354 e. The maximum Gasteiger partial charge on any atom is 0.416 e. The molecule has 1 aromatic carbocycles. The van der Waals surface area contributed by atoms with Gasteiger partial charge >= 0.3 is 6.18 Å². The third kappa shape index (κ3) is 3.64. The van der Waals surface area contributed by atoms with E-state index in [4.69, 9.17) is 0 Å². The Morgan fingerprint density at radius 3 is 2.64 bits per heavy atom. The topological polar surface area (TPSA) is 62.5 Å². The monoisotopic (exact) mass is 389 g/mol. The molecule has 0 bridgehead atoms. The molecule has 1 unspecified atom stereocenters. The number of aromatic nitrogens is 3. The van der Waals surface area contributed by atoms with Gasteiger partial charge in [0, 0.05) is 37.0 Å². The molecule has 3 aromatic rings. The first-order valence-electron chi connectivity index (χ1n) is 8.93. The van der Waals surface area contributed by atoms with E-state index < -0.39 is 11.7 Å². The van der Waals surface area contributed by atoms with E-state index in [1.807, 2.05) is 12.1 Å². The number of nitrogens with one attached hydrogen (secondary N) is 1. The predicted molar refractivity (Wildman–Crippen MR) is 97.1 cm³/mol. The number of carbonyl (C=O) groups excluding carboxylic acids is 1. The van der Waals surface area contributed by atoms with E-state index in [1.54, 1.807) is 16.9 Å². The van der Waals surface area contributed by atoms with Gasteiger partial charge in [0.05, 0.1) is 11.8 Å². The molecule has 3 heterocycles. The second-order valence-electron chi connectivity index (χ2n) is 6.74. The molecule has 1 amide bonds. The molecular weight excluding hydrogens is 371 g/mol. The first kappa shape index (κ1) is 18.3. The number of piperidine rings is 1. The van der Waals surface area contributed by atoms with Crippen LogP contribution in [0.5, 0.6) is 0 Å². The summed E-state index contributed by atoms with van der Waals surface area (Å²) in [7, 11) is 0. The summed E-state index contributed by atoms with van der Waals surface area (Å²) in [5.74, 6) is 0.517. The van der Waals surface area contributed by atoms with E-state index in [2.05, 4.69) is 20.3 Å². The van der Waals surface area contributed by atoms with Crippen molar-refractivity contribution in [2.75, 3.05) is 18.0 Å². The molecule has 1 atom stereocenters. The molecule has 2 aromatic heterocycles. The Balaban J connectivity index is 1.45. The van der Waals surface area contributed by atoms with Gasteiger partial charge in [0.15, 0.2) is 5.65 Å². The molecular formula is C19H18F3N5O. The maximum atomic E-state index is 12.7. The average Bonchev–Trinajstić information content (AvgIpc) is 3.16. The summed E-state index contributed by atoms with van der Waals surface area (Å²) < 4.78 is 39.8. The van der Waals surface area contributed by atoms with Crippen LogP contribution in [0.25, 0.3) is 5.65 Å². The van der Waals surface area contributed by atoms with Crippen LogP contribution in [0.2, 0.25) is 0 Å². The van der Waals surface area contributed by atoms with Crippen molar-refractivity contribution in [1.82, 2.24) is 19.9 Å². The second-order valence-corrected chi connectivity index (χ2v) is 6.74. The minimum atomic E-state index is -4.42. The lowest BCUT2D eigenvalue weighted by Crippen LogP contribution is -2.48. The molecule has 1 N–H and O–H groups in total. The summed E-state index contributed by atoms with van der Waals surface area (Å²) in [4.78, 5) is 18.8. The van der Waals surface area contributed by atoms with Crippen LogP contribution in [-0.4, -0.2) is 39.6 Å². The smallest absolute Gasteiger partial charge is 0.354 e. The van der Waals surface area contributed by atoms with Crippen LogP contribution in [0.15, 0.2) is 48.8 Å². The highest BCUT2D eigenvalue weighted by molar-refractivity contribution is 5.94. The highest BCUT2D eigenvalue weighted by Crippen LogP contribution is 2.29. The summed E-state index contributed by atoms with van der Waals surface area (Å²) in [6, 6.07) is 7.84. The van der Waals surface area contributed by atoms with E-state index in [0.29, 0.717) is 6.54 Å². The molecule has 6 nitrogen and oxygen atoms in total. The van der Waals surface area contributed by atoms with Crippen molar-refractivity contribution < 1.29 is 18.0 Å². The van der Waals surface area contributed by atoms with Gasteiger partial charge in [0.25, 0.3) is 5.91 Å². The van der Waals surface area contributed by atoms with E-state index in [0.717, 1.165) is 43.0 Å². The molecule has 146 valence electrons. The van der Waals surface area contributed by atoms with E-state index in [9.17, 15) is 18.0 Å². The van der Waals surface area contributed by atoms with Crippen molar-refractivity contribution in [1.29, 1.82) is 0 Å². The Labute approximate surface area is 159 Å². The van der Waals surface area contributed by atoms with Crippen molar-refractivity contribution in [2.24, 2.45) is 0 Å². The summed E-state index contributed by atoms with van der Waals surface area (Å²) in [6.07, 6.45) is 0.664. The summed E-state index contributed by atoms with van der Waals surface area (Å²) in [5.41, 5.74) is 0.186. The molecule has 9 heteroatoms. The number of rotatable bonds is 3. The number of amides is 1. The molecule has 0 aliphatic carbocycles. The summed E-state index contributed by atoms with van der Waals surface area (Å²) >= 11 is 0. The highest BCUT2D eigenvalue weighted by atomic mass is 19.4. The van der Waals surface area contributed by atoms with Crippen molar-refractivity contribution in [3.8, 4) is 0 Å². The van der Waals surface area contributed by atoms with Crippen LogP contribution in [-0.2, 0) is 6.18 Å². The zero-order chi connectivity index (χ0) is 19.7. The number of nitrogens with zero attached hydrogens (tertiary/aromatic N) is 4. The number of benzene rings is 1. The summed E-state index contributed by atoms with van der Waals surface area (Å²) in [5, 5.41) is 7.22. The lowest BCUT2D eigenvalue weighted by Gasteiger charge is -2.34. The normalized spacial score (nSPS) is 17.7. The largest absolute Gasteiger partial charge is 0.416 e. The van der Waals surface area contributed by atoms with Crippen molar-refractivity contribution >= 4 is 17.4 Å².